The molecule has 5 nitrogen and oxygen atoms in total. The summed E-state index contributed by atoms with van der Waals surface area (Å²) in [5.74, 6) is 0.902. The Morgan fingerprint density at radius 1 is 1.29 bits per heavy atom. The van der Waals surface area contributed by atoms with E-state index in [2.05, 4.69) is 13.8 Å². The fourth-order valence-corrected chi connectivity index (χ4v) is 3.11. The summed E-state index contributed by atoms with van der Waals surface area (Å²) in [6, 6.07) is 0. The number of rotatable bonds is 9. The SMILES string of the molecule is CC(C)C(CCN)CCC(=O)N1CCC(CCC(=O)O)C1. The molecule has 0 aliphatic carbocycles. The second-order valence-corrected chi connectivity index (χ2v) is 6.55. The molecule has 0 radical (unpaired) electrons. The number of likely N-dealkylation sites (tertiary alicyclic amines) is 1. The number of nitrogens with two attached hydrogens (primary N) is 1. The molecular formula is C16H30N2O3. The summed E-state index contributed by atoms with van der Waals surface area (Å²) in [6.45, 7) is 6.56. The van der Waals surface area contributed by atoms with Gasteiger partial charge in [0.15, 0.2) is 0 Å². The molecule has 0 spiro atoms. The Labute approximate surface area is 127 Å². The third kappa shape index (κ3) is 6.46. The van der Waals surface area contributed by atoms with Gasteiger partial charge in [-0.15, -0.1) is 0 Å². The summed E-state index contributed by atoms with van der Waals surface area (Å²) in [6.07, 6.45) is 4.31. The van der Waals surface area contributed by atoms with Gasteiger partial charge in [-0.05, 0) is 50.0 Å². The number of aliphatic carboxylic acids is 1. The molecule has 5 heteroatoms. The van der Waals surface area contributed by atoms with Crippen molar-refractivity contribution in [3.05, 3.63) is 0 Å². The first-order valence-electron chi connectivity index (χ1n) is 8.13. The van der Waals surface area contributed by atoms with Gasteiger partial charge < -0.3 is 15.7 Å². The first-order chi connectivity index (χ1) is 9.93. The lowest BCUT2D eigenvalue weighted by molar-refractivity contribution is -0.137. The third-order valence-electron chi connectivity index (χ3n) is 4.61. The first-order valence-corrected chi connectivity index (χ1v) is 8.13. The molecule has 2 atom stereocenters. The number of carbonyl (C=O) groups is 2. The summed E-state index contributed by atoms with van der Waals surface area (Å²) in [7, 11) is 0. The van der Waals surface area contributed by atoms with Crippen molar-refractivity contribution >= 4 is 11.9 Å². The van der Waals surface area contributed by atoms with Crippen molar-refractivity contribution in [3.63, 3.8) is 0 Å². The zero-order chi connectivity index (χ0) is 15.8. The molecular weight excluding hydrogens is 268 g/mol. The Morgan fingerprint density at radius 2 is 2.00 bits per heavy atom. The van der Waals surface area contributed by atoms with Crippen LogP contribution < -0.4 is 5.73 Å². The summed E-state index contributed by atoms with van der Waals surface area (Å²) >= 11 is 0. The van der Waals surface area contributed by atoms with E-state index in [9.17, 15) is 9.59 Å². The van der Waals surface area contributed by atoms with E-state index in [-0.39, 0.29) is 12.3 Å². The van der Waals surface area contributed by atoms with E-state index < -0.39 is 5.97 Å². The molecule has 21 heavy (non-hydrogen) atoms. The van der Waals surface area contributed by atoms with Crippen molar-refractivity contribution in [1.82, 2.24) is 4.90 Å². The molecule has 1 heterocycles. The molecule has 1 saturated heterocycles. The third-order valence-corrected chi connectivity index (χ3v) is 4.61. The molecule has 0 aromatic carbocycles. The van der Waals surface area contributed by atoms with Gasteiger partial charge in [-0.1, -0.05) is 13.8 Å². The average molecular weight is 298 g/mol. The Kier molecular flexibility index (Phi) is 7.72. The molecule has 0 aromatic rings. The lowest BCUT2D eigenvalue weighted by atomic mass is 9.88. The Hall–Kier alpha value is -1.10. The van der Waals surface area contributed by atoms with Crippen LogP contribution in [0.25, 0.3) is 0 Å². The van der Waals surface area contributed by atoms with E-state index in [0.717, 1.165) is 32.4 Å². The molecule has 3 N–H and O–H groups in total. The second-order valence-electron chi connectivity index (χ2n) is 6.55. The summed E-state index contributed by atoms with van der Waals surface area (Å²) < 4.78 is 0. The Bertz CT molecular complexity index is 344. The Balaban J connectivity index is 2.31. The molecule has 1 aliphatic rings. The van der Waals surface area contributed by atoms with Crippen molar-refractivity contribution in [3.8, 4) is 0 Å². The topological polar surface area (TPSA) is 83.6 Å². The number of carboxylic acid groups (broad SMARTS) is 1. The van der Waals surface area contributed by atoms with E-state index in [4.69, 9.17) is 10.8 Å². The van der Waals surface area contributed by atoms with Crippen LogP contribution in [-0.4, -0.2) is 41.5 Å². The van der Waals surface area contributed by atoms with Crippen LogP contribution in [0, 0.1) is 17.8 Å². The number of amides is 1. The van der Waals surface area contributed by atoms with Gasteiger partial charge in [-0.25, -0.2) is 0 Å². The van der Waals surface area contributed by atoms with E-state index >= 15 is 0 Å². The zero-order valence-corrected chi connectivity index (χ0v) is 13.4. The molecule has 1 aliphatic heterocycles. The maximum atomic E-state index is 12.2. The highest BCUT2D eigenvalue weighted by Gasteiger charge is 2.26. The molecule has 0 aromatic heterocycles. The average Bonchev–Trinajstić information content (AvgIpc) is 2.89. The summed E-state index contributed by atoms with van der Waals surface area (Å²) in [5, 5.41) is 8.71. The van der Waals surface area contributed by atoms with Gasteiger partial charge in [0.2, 0.25) is 5.91 Å². The monoisotopic (exact) mass is 298 g/mol. The van der Waals surface area contributed by atoms with Crippen molar-refractivity contribution in [1.29, 1.82) is 0 Å². The smallest absolute Gasteiger partial charge is 0.303 e. The summed E-state index contributed by atoms with van der Waals surface area (Å²) in [4.78, 5) is 24.7. The molecule has 1 rings (SSSR count). The highest BCUT2D eigenvalue weighted by molar-refractivity contribution is 5.76. The van der Waals surface area contributed by atoms with Gasteiger partial charge in [0.25, 0.3) is 0 Å². The standard InChI is InChI=1S/C16H30N2O3/c1-12(2)14(7-9-17)4-5-15(19)18-10-8-13(11-18)3-6-16(20)21/h12-14H,3-11,17H2,1-2H3,(H,20,21). The van der Waals surface area contributed by atoms with E-state index in [1.165, 1.54) is 0 Å². The van der Waals surface area contributed by atoms with Gasteiger partial charge in [-0.3, -0.25) is 9.59 Å². The normalized spacial score (nSPS) is 20.0. The van der Waals surface area contributed by atoms with Crippen molar-refractivity contribution in [2.45, 2.75) is 52.4 Å². The van der Waals surface area contributed by atoms with Crippen molar-refractivity contribution in [2.75, 3.05) is 19.6 Å². The predicted octanol–water partition coefficient (Wildman–Crippen LogP) is 2.10. The number of hydrogen-bond acceptors (Lipinski definition) is 3. The highest BCUT2D eigenvalue weighted by atomic mass is 16.4. The molecule has 1 fully saturated rings. The maximum absolute atomic E-state index is 12.2. The first kappa shape index (κ1) is 18.0. The number of carboxylic acids is 1. The number of hydrogen-bond donors (Lipinski definition) is 2. The van der Waals surface area contributed by atoms with Crippen molar-refractivity contribution in [2.24, 2.45) is 23.5 Å². The minimum atomic E-state index is -0.749. The van der Waals surface area contributed by atoms with E-state index in [1.54, 1.807) is 0 Å². The van der Waals surface area contributed by atoms with Crippen LogP contribution in [0.1, 0.15) is 52.4 Å². The van der Waals surface area contributed by atoms with Crippen LogP contribution in [0.3, 0.4) is 0 Å². The number of nitrogens with zero attached hydrogens (tertiary/aromatic N) is 1. The van der Waals surface area contributed by atoms with E-state index in [1.807, 2.05) is 4.90 Å². The highest BCUT2D eigenvalue weighted by Crippen LogP contribution is 2.24. The van der Waals surface area contributed by atoms with Crippen LogP contribution in [0.2, 0.25) is 0 Å². The molecule has 2 unspecified atom stereocenters. The van der Waals surface area contributed by atoms with Gasteiger partial charge in [0, 0.05) is 25.9 Å². The fraction of sp³-hybridized carbons (Fsp3) is 0.875. The lowest BCUT2D eigenvalue weighted by Crippen LogP contribution is -2.29. The Morgan fingerprint density at radius 3 is 2.57 bits per heavy atom. The van der Waals surface area contributed by atoms with Crippen LogP contribution in [0.5, 0.6) is 0 Å². The van der Waals surface area contributed by atoms with Gasteiger partial charge in [-0.2, -0.15) is 0 Å². The number of carbonyl (C=O) groups excluding carboxylic acids is 1. The molecule has 1 amide bonds. The molecule has 0 saturated carbocycles. The van der Waals surface area contributed by atoms with E-state index in [0.29, 0.717) is 37.1 Å². The van der Waals surface area contributed by atoms with Crippen LogP contribution >= 0.6 is 0 Å². The summed E-state index contributed by atoms with van der Waals surface area (Å²) in [5.41, 5.74) is 5.63. The van der Waals surface area contributed by atoms with Crippen LogP contribution in [-0.2, 0) is 9.59 Å². The predicted molar refractivity (Wildman–Crippen MR) is 82.8 cm³/mol. The van der Waals surface area contributed by atoms with Gasteiger partial charge in [0.05, 0.1) is 0 Å². The zero-order valence-electron chi connectivity index (χ0n) is 13.4. The van der Waals surface area contributed by atoms with Crippen LogP contribution in [0.4, 0.5) is 0 Å². The maximum Gasteiger partial charge on any atom is 0.303 e. The second kappa shape index (κ2) is 9.03. The van der Waals surface area contributed by atoms with Gasteiger partial charge in [0.1, 0.15) is 0 Å². The lowest BCUT2D eigenvalue weighted by Gasteiger charge is -2.22. The minimum Gasteiger partial charge on any atom is -0.481 e. The van der Waals surface area contributed by atoms with Crippen LogP contribution in [0.15, 0.2) is 0 Å². The quantitative estimate of drug-likeness (QED) is 0.683. The molecule has 0 bridgehead atoms. The van der Waals surface area contributed by atoms with Gasteiger partial charge >= 0.3 is 5.97 Å². The van der Waals surface area contributed by atoms with Crippen molar-refractivity contribution < 1.29 is 14.7 Å². The minimum absolute atomic E-state index is 0.207. The largest absolute Gasteiger partial charge is 0.481 e. The molecule has 122 valence electrons. The fourth-order valence-electron chi connectivity index (χ4n) is 3.11.